The number of nitrogens with zero attached hydrogens (tertiary/aromatic N) is 3. The van der Waals surface area contributed by atoms with Gasteiger partial charge in [-0.15, -0.1) is 0 Å². The molecule has 0 unspecified atom stereocenters. The number of nitrogens with one attached hydrogen (secondary N) is 1. The largest absolute Gasteiger partial charge is 0.488 e. The summed E-state index contributed by atoms with van der Waals surface area (Å²) in [4.78, 5) is 10.4. The summed E-state index contributed by atoms with van der Waals surface area (Å²) in [6.45, 7) is 0. The number of non-ortho nitro benzene ring substituents is 1. The minimum atomic E-state index is -1.59. The second-order valence-electron chi connectivity index (χ2n) is 4.47. The minimum absolute atomic E-state index is 0.0355. The van der Waals surface area contributed by atoms with Crippen molar-refractivity contribution in [3.63, 3.8) is 0 Å². The number of anilines is 2. The third-order valence-electron chi connectivity index (χ3n) is 3.05. The van der Waals surface area contributed by atoms with Crippen molar-refractivity contribution < 1.29 is 19.6 Å². The standard InChI is InChI=1S/C12H9BN4O5/c18-13(19)7-2-1-3-8(6-7)14-9-4-5-10(17(20)21)12-11(9)15-22-16-12/h1-6,14,18-19H. The molecular formula is C12H9BN4O5. The predicted octanol–water partition coefficient (Wildman–Crippen LogP) is 0.554. The van der Waals surface area contributed by atoms with Crippen molar-refractivity contribution in [2.45, 2.75) is 0 Å². The van der Waals surface area contributed by atoms with E-state index in [-0.39, 0.29) is 16.7 Å². The first-order valence-corrected chi connectivity index (χ1v) is 6.19. The fourth-order valence-electron chi connectivity index (χ4n) is 2.03. The molecule has 0 saturated carbocycles. The molecule has 1 heterocycles. The molecule has 0 radical (unpaired) electrons. The Bertz CT molecular complexity index is 850. The van der Waals surface area contributed by atoms with E-state index in [9.17, 15) is 10.1 Å². The molecule has 10 heteroatoms. The molecule has 1 aromatic heterocycles. The number of benzene rings is 2. The Kier molecular flexibility index (Phi) is 3.45. The van der Waals surface area contributed by atoms with Crippen molar-refractivity contribution in [1.29, 1.82) is 0 Å². The van der Waals surface area contributed by atoms with Gasteiger partial charge < -0.3 is 15.4 Å². The molecule has 3 N–H and O–H groups in total. The molecule has 2 aromatic carbocycles. The van der Waals surface area contributed by atoms with Gasteiger partial charge >= 0.3 is 12.8 Å². The Morgan fingerprint density at radius 3 is 2.68 bits per heavy atom. The lowest BCUT2D eigenvalue weighted by Gasteiger charge is -2.08. The lowest BCUT2D eigenvalue weighted by atomic mass is 9.80. The minimum Gasteiger partial charge on any atom is -0.423 e. The Morgan fingerprint density at radius 2 is 1.95 bits per heavy atom. The summed E-state index contributed by atoms with van der Waals surface area (Å²) in [5.74, 6) is 0. The first-order chi connectivity index (χ1) is 10.6. The van der Waals surface area contributed by atoms with Crippen molar-refractivity contribution in [3.05, 3.63) is 46.5 Å². The van der Waals surface area contributed by atoms with Crippen LogP contribution in [0.4, 0.5) is 17.1 Å². The second-order valence-corrected chi connectivity index (χ2v) is 4.47. The van der Waals surface area contributed by atoms with Crippen LogP contribution in [0.15, 0.2) is 41.0 Å². The maximum atomic E-state index is 10.9. The van der Waals surface area contributed by atoms with Gasteiger partial charge in [0.05, 0.1) is 10.6 Å². The highest BCUT2D eigenvalue weighted by Gasteiger charge is 2.20. The molecule has 0 atom stereocenters. The Hall–Kier alpha value is -2.98. The van der Waals surface area contributed by atoms with Gasteiger partial charge in [0.25, 0.3) is 0 Å². The molecule has 0 aliphatic rings. The third-order valence-corrected chi connectivity index (χ3v) is 3.05. The first kappa shape index (κ1) is 14.0. The van der Waals surface area contributed by atoms with Gasteiger partial charge in [0.15, 0.2) is 5.52 Å². The van der Waals surface area contributed by atoms with Crippen molar-refractivity contribution >= 4 is 40.7 Å². The number of nitro groups is 1. The van der Waals surface area contributed by atoms with Crippen LogP contribution in [-0.2, 0) is 0 Å². The molecule has 0 saturated heterocycles. The highest BCUT2D eigenvalue weighted by Crippen LogP contribution is 2.30. The molecule has 110 valence electrons. The molecule has 0 bridgehead atoms. The highest BCUT2D eigenvalue weighted by atomic mass is 16.6. The molecule has 3 rings (SSSR count). The molecule has 3 aromatic rings. The molecule has 0 spiro atoms. The number of hydrogen-bond acceptors (Lipinski definition) is 8. The van der Waals surface area contributed by atoms with Crippen LogP contribution in [0.1, 0.15) is 0 Å². The molecule has 9 nitrogen and oxygen atoms in total. The topological polar surface area (TPSA) is 135 Å². The van der Waals surface area contributed by atoms with Gasteiger partial charge in [0.2, 0.25) is 5.52 Å². The van der Waals surface area contributed by atoms with E-state index in [1.54, 1.807) is 18.2 Å². The molecular weight excluding hydrogens is 291 g/mol. The zero-order valence-electron chi connectivity index (χ0n) is 11.0. The number of aromatic nitrogens is 2. The van der Waals surface area contributed by atoms with Gasteiger partial charge in [-0.25, -0.2) is 4.63 Å². The van der Waals surface area contributed by atoms with Crippen LogP contribution in [0.3, 0.4) is 0 Å². The van der Waals surface area contributed by atoms with Crippen molar-refractivity contribution in [3.8, 4) is 0 Å². The lowest BCUT2D eigenvalue weighted by molar-refractivity contribution is -0.383. The number of fused-ring (bicyclic) bond motifs is 1. The van der Waals surface area contributed by atoms with Crippen molar-refractivity contribution in [2.24, 2.45) is 0 Å². The van der Waals surface area contributed by atoms with E-state index < -0.39 is 12.0 Å². The van der Waals surface area contributed by atoms with E-state index in [1.807, 2.05) is 0 Å². The summed E-state index contributed by atoms with van der Waals surface area (Å²) >= 11 is 0. The monoisotopic (exact) mass is 300 g/mol. The van der Waals surface area contributed by atoms with E-state index in [2.05, 4.69) is 20.3 Å². The summed E-state index contributed by atoms with van der Waals surface area (Å²) in [5.41, 5.74) is 1.36. The fourth-order valence-corrected chi connectivity index (χ4v) is 2.03. The first-order valence-electron chi connectivity index (χ1n) is 6.19. The summed E-state index contributed by atoms with van der Waals surface area (Å²) in [6.07, 6.45) is 0. The number of rotatable bonds is 4. The van der Waals surface area contributed by atoms with E-state index in [1.165, 1.54) is 18.2 Å². The number of hydrogen-bond donors (Lipinski definition) is 3. The summed E-state index contributed by atoms with van der Waals surface area (Å²) in [7, 11) is -1.59. The molecule has 0 aliphatic carbocycles. The maximum absolute atomic E-state index is 10.9. The molecule has 0 aliphatic heterocycles. The van der Waals surface area contributed by atoms with Crippen LogP contribution in [-0.4, -0.2) is 32.4 Å². The molecule has 0 fully saturated rings. The van der Waals surface area contributed by atoms with Crippen molar-refractivity contribution in [1.82, 2.24) is 10.3 Å². The smallest absolute Gasteiger partial charge is 0.423 e. The normalized spacial score (nSPS) is 10.6. The van der Waals surface area contributed by atoms with E-state index in [0.29, 0.717) is 16.8 Å². The van der Waals surface area contributed by atoms with Crippen LogP contribution in [0, 0.1) is 10.1 Å². The van der Waals surface area contributed by atoms with Crippen LogP contribution in [0.2, 0.25) is 0 Å². The zero-order chi connectivity index (χ0) is 15.7. The predicted molar refractivity (Wildman–Crippen MR) is 78.0 cm³/mol. The Labute approximate surface area is 123 Å². The van der Waals surface area contributed by atoms with Gasteiger partial charge in [0.1, 0.15) is 0 Å². The molecule has 22 heavy (non-hydrogen) atoms. The van der Waals surface area contributed by atoms with Gasteiger partial charge in [-0.05, 0) is 34.0 Å². The summed E-state index contributed by atoms with van der Waals surface area (Å²) in [5, 5.41) is 39.4. The average Bonchev–Trinajstić information content (AvgIpc) is 2.97. The second kappa shape index (κ2) is 5.43. The van der Waals surface area contributed by atoms with Crippen LogP contribution in [0.25, 0.3) is 11.0 Å². The van der Waals surface area contributed by atoms with Gasteiger partial charge in [0, 0.05) is 11.8 Å². The quantitative estimate of drug-likeness (QED) is 0.361. The molecule has 0 amide bonds. The fraction of sp³-hybridized carbons (Fsp3) is 0. The number of nitro benzene ring substituents is 1. The van der Waals surface area contributed by atoms with E-state index in [4.69, 9.17) is 10.0 Å². The SMILES string of the molecule is O=[N+]([O-])c1ccc(Nc2cccc(B(O)O)c2)c2nonc12. The van der Waals surface area contributed by atoms with Gasteiger partial charge in [-0.1, -0.05) is 12.1 Å². The third kappa shape index (κ3) is 2.48. The van der Waals surface area contributed by atoms with Crippen LogP contribution < -0.4 is 10.8 Å². The summed E-state index contributed by atoms with van der Waals surface area (Å²) in [6, 6.07) is 9.20. The van der Waals surface area contributed by atoms with Crippen molar-refractivity contribution in [2.75, 3.05) is 5.32 Å². The van der Waals surface area contributed by atoms with E-state index in [0.717, 1.165) is 0 Å². The Balaban J connectivity index is 2.01. The van der Waals surface area contributed by atoms with Gasteiger partial charge in [-0.2, -0.15) is 0 Å². The summed E-state index contributed by atoms with van der Waals surface area (Å²) < 4.78 is 4.57. The van der Waals surface area contributed by atoms with Crippen LogP contribution in [0.5, 0.6) is 0 Å². The lowest BCUT2D eigenvalue weighted by Crippen LogP contribution is -2.29. The van der Waals surface area contributed by atoms with Gasteiger partial charge in [-0.3, -0.25) is 10.1 Å². The van der Waals surface area contributed by atoms with Crippen LogP contribution >= 0.6 is 0 Å². The van der Waals surface area contributed by atoms with E-state index >= 15 is 0 Å². The highest BCUT2D eigenvalue weighted by molar-refractivity contribution is 6.58. The Morgan fingerprint density at radius 1 is 1.18 bits per heavy atom. The maximum Gasteiger partial charge on any atom is 0.488 e. The zero-order valence-corrected chi connectivity index (χ0v) is 11.0. The average molecular weight is 300 g/mol.